The first-order valence-electron chi connectivity index (χ1n) is 6.98. The highest BCUT2D eigenvalue weighted by atomic mass is 35.5. The van der Waals surface area contributed by atoms with Crippen LogP contribution in [0, 0.1) is 0 Å². The maximum atomic E-state index is 12.8. The average Bonchev–Trinajstić information content (AvgIpc) is 2.53. The third-order valence-electron chi connectivity index (χ3n) is 3.23. The Morgan fingerprint density at radius 3 is 2.13 bits per heavy atom. The number of rotatable bonds is 6. The fourth-order valence-electron chi connectivity index (χ4n) is 2.10. The van der Waals surface area contributed by atoms with Gasteiger partial charge in [0, 0.05) is 11.6 Å². The molecule has 5 nitrogen and oxygen atoms in total. The Morgan fingerprint density at radius 2 is 1.65 bits per heavy atom. The van der Waals surface area contributed by atoms with E-state index in [0.29, 0.717) is 17.1 Å². The molecule has 0 bridgehead atoms. The maximum Gasteiger partial charge on any atom is 0.335 e. The summed E-state index contributed by atoms with van der Waals surface area (Å²) in [6.45, 7) is 2.16. The van der Waals surface area contributed by atoms with Crippen LogP contribution in [0.1, 0.15) is 23.7 Å². The molecule has 0 spiro atoms. The number of sulfonamides is 1. The number of anilines is 1. The first kappa shape index (κ1) is 17.3. The van der Waals surface area contributed by atoms with Crippen LogP contribution in [0.3, 0.4) is 0 Å². The number of carboxylic acids is 1. The van der Waals surface area contributed by atoms with Crippen molar-refractivity contribution in [1.82, 2.24) is 0 Å². The summed E-state index contributed by atoms with van der Waals surface area (Å²) in [5.74, 6) is -1.06. The van der Waals surface area contributed by atoms with Gasteiger partial charge in [-0.2, -0.15) is 0 Å². The van der Waals surface area contributed by atoms with E-state index in [1.807, 2.05) is 6.92 Å². The lowest BCUT2D eigenvalue weighted by Crippen LogP contribution is -2.31. The average molecular weight is 354 g/mol. The minimum atomic E-state index is -3.74. The number of halogens is 1. The van der Waals surface area contributed by atoms with Crippen molar-refractivity contribution >= 4 is 33.3 Å². The molecule has 0 amide bonds. The fraction of sp³-hybridized carbons (Fsp3) is 0.188. The molecule has 0 aromatic heterocycles. The van der Waals surface area contributed by atoms with Gasteiger partial charge in [-0.3, -0.25) is 4.31 Å². The summed E-state index contributed by atoms with van der Waals surface area (Å²) < 4.78 is 26.9. The van der Waals surface area contributed by atoms with Crippen molar-refractivity contribution in [3.05, 3.63) is 59.1 Å². The highest BCUT2D eigenvalue weighted by Gasteiger charge is 2.24. The van der Waals surface area contributed by atoms with Crippen LogP contribution in [-0.2, 0) is 10.0 Å². The molecule has 1 N–H and O–H groups in total. The molecule has 2 aromatic carbocycles. The summed E-state index contributed by atoms with van der Waals surface area (Å²) in [6, 6.07) is 11.7. The molecule has 7 heteroatoms. The monoisotopic (exact) mass is 353 g/mol. The molecular formula is C16H16ClNO4S. The van der Waals surface area contributed by atoms with Crippen LogP contribution in [0.15, 0.2) is 53.4 Å². The lowest BCUT2D eigenvalue weighted by Gasteiger charge is -2.24. The second kappa shape index (κ2) is 7.02. The van der Waals surface area contributed by atoms with Crippen molar-refractivity contribution in [3.63, 3.8) is 0 Å². The molecule has 2 aromatic rings. The van der Waals surface area contributed by atoms with Crippen LogP contribution in [0.5, 0.6) is 0 Å². The van der Waals surface area contributed by atoms with Crippen molar-refractivity contribution in [1.29, 1.82) is 0 Å². The predicted octanol–water partition coefficient (Wildman–Crippen LogP) is 3.64. The summed E-state index contributed by atoms with van der Waals surface area (Å²) in [4.78, 5) is 11.1. The molecule has 0 aliphatic carbocycles. The number of aromatic carboxylic acids is 1. The van der Waals surface area contributed by atoms with E-state index in [0.717, 1.165) is 0 Å². The Labute approximate surface area is 140 Å². The normalized spacial score (nSPS) is 11.2. The van der Waals surface area contributed by atoms with Gasteiger partial charge in [-0.15, -0.1) is 0 Å². The second-order valence-corrected chi connectivity index (χ2v) is 7.18. The largest absolute Gasteiger partial charge is 0.478 e. The zero-order valence-corrected chi connectivity index (χ0v) is 14.0. The lowest BCUT2D eigenvalue weighted by atomic mass is 10.2. The summed E-state index contributed by atoms with van der Waals surface area (Å²) >= 11 is 5.80. The Kier molecular flexibility index (Phi) is 5.28. The summed E-state index contributed by atoms with van der Waals surface area (Å²) in [5, 5.41) is 9.39. The molecule has 0 atom stereocenters. The van der Waals surface area contributed by atoms with Crippen molar-refractivity contribution in [3.8, 4) is 0 Å². The Bertz CT molecular complexity index is 786. The molecule has 0 aliphatic rings. The van der Waals surface area contributed by atoms with Gasteiger partial charge in [0.15, 0.2) is 0 Å². The Balaban J connectivity index is 2.44. The van der Waals surface area contributed by atoms with Crippen LogP contribution in [0.25, 0.3) is 0 Å². The molecule has 0 saturated carbocycles. The molecule has 0 saturated heterocycles. The van der Waals surface area contributed by atoms with Crippen LogP contribution in [-0.4, -0.2) is 26.0 Å². The smallest absolute Gasteiger partial charge is 0.335 e. The second-order valence-electron chi connectivity index (χ2n) is 4.88. The third-order valence-corrected chi connectivity index (χ3v) is 5.32. The summed E-state index contributed by atoms with van der Waals surface area (Å²) in [5.41, 5.74) is 0.529. The number of hydrogen-bond acceptors (Lipinski definition) is 3. The van der Waals surface area contributed by atoms with Gasteiger partial charge in [-0.25, -0.2) is 13.2 Å². The number of hydrogen-bond donors (Lipinski definition) is 1. The van der Waals surface area contributed by atoms with Gasteiger partial charge in [-0.05, 0) is 55.0 Å². The van der Waals surface area contributed by atoms with E-state index < -0.39 is 16.0 Å². The van der Waals surface area contributed by atoms with Crippen molar-refractivity contribution < 1.29 is 18.3 Å². The molecule has 0 fully saturated rings. The number of carboxylic acid groups (broad SMARTS) is 1. The SMILES string of the molecule is CCCN(c1ccc(C(=O)O)cc1)S(=O)(=O)c1ccc(Cl)cc1. The molecule has 0 aliphatic heterocycles. The third kappa shape index (κ3) is 3.83. The molecule has 2 rings (SSSR count). The van der Waals surface area contributed by atoms with Gasteiger partial charge in [0.1, 0.15) is 0 Å². The molecule has 0 radical (unpaired) electrons. The molecular weight excluding hydrogens is 338 g/mol. The number of benzene rings is 2. The minimum Gasteiger partial charge on any atom is -0.478 e. The van der Waals surface area contributed by atoms with Gasteiger partial charge in [0.05, 0.1) is 16.1 Å². The topological polar surface area (TPSA) is 74.7 Å². The van der Waals surface area contributed by atoms with Crippen molar-refractivity contribution in [2.24, 2.45) is 0 Å². The van der Waals surface area contributed by atoms with Gasteiger partial charge in [0.25, 0.3) is 10.0 Å². The Hall–Kier alpha value is -2.05. The van der Waals surface area contributed by atoms with Crippen LogP contribution in [0.2, 0.25) is 5.02 Å². The molecule has 0 heterocycles. The van der Waals surface area contributed by atoms with E-state index in [2.05, 4.69) is 0 Å². The van der Waals surface area contributed by atoms with Crippen LogP contribution in [0.4, 0.5) is 5.69 Å². The zero-order valence-electron chi connectivity index (χ0n) is 12.4. The van der Waals surface area contributed by atoms with E-state index in [1.165, 1.54) is 52.8 Å². The standard InChI is InChI=1S/C16H16ClNO4S/c1-2-11-18(14-7-3-12(4-8-14)16(19)20)23(21,22)15-9-5-13(17)6-10-15/h3-10H,2,11H2,1H3,(H,19,20). The minimum absolute atomic E-state index is 0.106. The van der Waals surface area contributed by atoms with Gasteiger partial charge < -0.3 is 5.11 Å². The predicted molar refractivity (Wildman–Crippen MR) is 89.7 cm³/mol. The Morgan fingerprint density at radius 1 is 1.09 bits per heavy atom. The fourth-order valence-corrected chi connectivity index (χ4v) is 3.78. The van der Waals surface area contributed by atoms with Gasteiger partial charge >= 0.3 is 5.97 Å². The first-order chi connectivity index (χ1) is 10.9. The van der Waals surface area contributed by atoms with E-state index >= 15 is 0 Å². The lowest BCUT2D eigenvalue weighted by molar-refractivity contribution is 0.0697. The quantitative estimate of drug-likeness (QED) is 0.860. The van der Waals surface area contributed by atoms with E-state index in [1.54, 1.807) is 0 Å². The first-order valence-corrected chi connectivity index (χ1v) is 8.79. The number of nitrogens with zero attached hydrogens (tertiary/aromatic N) is 1. The highest BCUT2D eigenvalue weighted by Crippen LogP contribution is 2.25. The van der Waals surface area contributed by atoms with Crippen molar-refractivity contribution in [2.75, 3.05) is 10.8 Å². The maximum absolute atomic E-state index is 12.8. The molecule has 0 unspecified atom stereocenters. The van der Waals surface area contributed by atoms with Crippen LogP contribution >= 0.6 is 11.6 Å². The van der Waals surface area contributed by atoms with Gasteiger partial charge in [0.2, 0.25) is 0 Å². The highest BCUT2D eigenvalue weighted by molar-refractivity contribution is 7.92. The van der Waals surface area contributed by atoms with E-state index in [9.17, 15) is 13.2 Å². The van der Waals surface area contributed by atoms with Gasteiger partial charge in [-0.1, -0.05) is 18.5 Å². The summed E-state index contributed by atoms with van der Waals surface area (Å²) in [6.07, 6.45) is 0.619. The number of carbonyl (C=O) groups is 1. The molecule has 122 valence electrons. The molecule has 23 heavy (non-hydrogen) atoms. The van der Waals surface area contributed by atoms with Crippen LogP contribution < -0.4 is 4.31 Å². The zero-order chi connectivity index (χ0) is 17.0. The van der Waals surface area contributed by atoms with E-state index in [4.69, 9.17) is 16.7 Å². The van der Waals surface area contributed by atoms with Crippen molar-refractivity contribution in [2.45, 2.75) is 18.2 Å². The van der Waals surface area contributed by atoms with E-state index in [-0.39, 0.29) is 17.0 Å². The summed E-state index contributed by atoms with van der Waals surface area (Å²) in [7, 11) is -3.74.